The van der Waals surface area contributed by atoms with Gasteiger partial charge in [0.15, 0.2) is 5.78 Å². The molecule has 0 aromatic carbocycles. The topological polar surface area (TPSA) is 208 Å². The van der Waals surface area contributed by atoms with E-state index in [-0.39, 0.29) is 68.3 Å². The minimum Gasteiger partial charge on any atom is -0.460 e. The highest BCUT2D eigenvalue weighted by Crippen LogP contribution is 2.38. The van der Waals surface area contributed by atoms with Crippen molar-refractivity contribution >= 4 is 23.4 Å². The van der Waals surface area contributed by atoms with Crippen LogP contribution >= 0.6 is 0 Å². The van der Waals surface area contributed by atoms with Gasteiger partial charge in [-0.05, 0) is 107 Å². The van der Waals surface area contributed by atoms with Gasteiger partial charge in [0.05, 0.1) is 43.7 Å². The number of ether oxygens (including phenoxy) is 6. The quantitative estimate of drug-likeness (QED) is 0.119. The van der Waals surface area contributed by atoms with Crippen LogP contribution in [0.15, 0.2) is 47.6 Å². The van der Waals surface area contributed by atoms with Crippen molar-refractivity contribution in [3.63, 3.8) is 0 Å². The first-order valence-electron chi connectivity index (χ1n) is 25.2. The molecule has 2 saturated heterocycles. The fraction of sp³-hybridized carbons (Fsp3) is 0.774. The summed E-state index contributed by atoms with van der Waals surface area (Å²) in [5.74, 6) is -7.26. The molecule has 1 aliphatic carbocycles. The zero-order valence-electron chi connectivity index (χ0n) is 42.5. The number of carbonyl (C=O) groups excluding carboxylic acids is 4. The van der Waals surface area contributed by atoms with Gasteiger partial charge in [-0.3, -0.25) is 14.4 Å². The van der Waals surface area contributed by atoms with E-state index in [1.54, 1.807) is 41.1 Å². The van der Waals surface area contributed by atoms with E-state index in [2.05, 4.69) is 0 Å². The number of aliphatic hydroxyl groups is 4. The Kier molecular flexibility index (Phi) is 23.2. The highest BCUT2D eigenvalue weighted by atomic mass is 16.6. The fourth-order valence-electron chi connectivity index (χ4n) is 10.6. The number of rotatable bonds is 9. The highest BCUT2D eigenvalue weighted by molar-refractivity contribution is 6.39. The Morgan fingerprint density at radius 3 is 2.25 bits per heavy atom. The number of hydrogen-bond acceptors (Lipinski definition) is 14. The van der Waals surface area contributed by atoms with Crippen LogP contribution in [-0.2, 0) is 47.6 Å². The standard InChI is InChI=1S/C53H85NO14/c1-32-16-12-11-13-17-33(2)44(63-8)30-40-21-19-38(7)53(62,68-40)50(59)51(60)54-23-15-14-18-41(54)52(61)67-45(35(4)28-39-20-22-43(66-25-24-55)46(29-39)64-9)31-42(56)34(3)27-37(6)48(58)49(65-10)47(57)36(5)26-32/h11-13,16-17,27,32,34-36,38-46,48-49,55-56,58,62H,14-15,18-26,28-31H2,1-10H3/b13-11?,16-12+,33-17?,37-27+/t32-,34-,35-,36-,38-,39+,40+,41+,42?,43-,44+,45+,46-,48-,49+,53-/m1/s1. The molecule has 15 nitrogen and oxygen atoms in total. The summed E-state index contributed by atoms with van der Waals surface area (Å²) in [6.07, 6.45) is 11.7. The van der Waals surface area contributed by atoms with E-state index in [1.165, 1.54) is 12.0 Å². The predicted octanol–water partition coefficient (Wildman–Crippen LogP) is 5.99. The Balaban J connectivity index is 1.69. The van der Waals surface area contributed by atoms with Crippen LogP contribution in [0.5, 0.6) is 0 Å². The van der Waals surface area contributed by atoms with Gasteiger partial charge in [-0.15, -0.1) is 0 Å². The summed E-state index contributed by atoms with van der Waals surface area (Å²) in [5.41, 5.74) is 1.33. The number of fused-ring (bicyclic) bond motifs is 3. The number of piperidine rings is 1. The van der Waals surface area contributed by atoms with Gasteiger partial charge in [0, 0.05) is 58.5 Å². The molecule has 15 heteroatoms. The van der Waals surface area contributed by atoms with Crippen molar-refractivity contribution in [2.75, 3.05) is 41.1 Å². The summed E-state index contributed by atoms with van der Waals surface area (Å²) < 4.78 is 35.7. The SMILES string of the molecule is CO[C@H]1C[C@@H]2CC[C@@H](C)[C@@](O)(O2)C(=O)C(=O)N2CCCC[C@H]2C(=O)O[C@H]([C@H](C)C[C@@H]2CC[C@@H](OCCO)[C@H](OC)C2)CC(O)[C@H](C)/C=C(\C)[C@@H](O)[C@@H](OC)C(=O)[C@H](C)C[C@H](C)/C=C/C=CC=C1C. The van der Waals surface area contributed by atoms with E-state index in [1.807, 2.05) is 58.1 Å². The smallest absolute Gasteiger partial charge is 0.329 e. The zero-order valence-corrected chi connectivity index (χ0v) is 42.5. The molecule has 16 atom stereocenters. The average Bonchev–Trinajstić information content (AvgIpc) is 3.32. The molecule has 68 heavy (non-hydrogen) atoms. The maximum Gasteiger partial charge on any atom is 0.329 e. The second-order valence-corrected chi connectivity index (χ2v) is 20.4. The van der Waals surface area contributed by atoms with Crippen LogP contribution in [0.4, 0.5) is 0 Å². The van der Waals surface area contributed by atoms with Gasteiger partial charge in [-0.1, -0.05) is 71.1 Å². The molecule has 4 rings (SSSR count). The number of carbonyl (C=O) groups is 4. The molecule has 4 N–H and O–H groups in total. The molecule has 2 bridgehead atoms. The van der Waals surface area contributed by atoms with E-state index >= 15 is 0 Å². The van der Waals surface area contributed by atoms with E-state index in [4.69, 9.17) is 28.4 Å². The van der Waals surface area contributed by atoms with Crippen molar-refractivity contribution in [1.29, 1.82) is 0 Å². The van der Waals surface area contributed by atoms with E-state index in [0.717, 1.165) is 18.4 Å². The molecule has 1 amide bonds. The zero-order chi connectivity index (χ0) is 50.3. The molecule has 0 aromatic heterocycles. The first-order valence-corrected chi connectivity index (χ1v) is 25.2. The lowest BCUT2D eigenvalue weighted by Crippen LogP contribution is -2.61. The second kappa shape index (κ2) is 27.5. The molecule has 0 radical (unpaired) electrons. The molecule has 1 saturated carbocycles. The molecule has 386 valence electrons. The number of allylic oxidation sites excluding steroid dienone is 5. The number of esters is 1. The van der Waals surface area contributed by atoms with Crippen molar-refractivity contribution in [2.24, 2.45) is 35.5 Å². The molecular formula is C53H85NO14. The van der Waals surface area contributed by atoms with Crippen LogP contribution < -0.4 is 0 Å². The van der Waals surface area contributed by atoms with Crippen LogP contribution in [0.2, 0.25) is 0 Å². The maximum atomic E-state index is 14.5. The lowest BCUT2D eigenvalue weighted by Gasteiger charge is -2.43. The molecule has 3 fully saturated rings. The number of cyclic esters (lactones) is 1. The minimum absolute atomic E-state index is 0.0180. The highest BCUT2D eigenvalue weighted by Gasteiger charge is 2.53. The Morgan fingerprint density at radius 1 is 0.838 bits per heavy atom. The number of methoxy groups -OCH3 is 3. The Hall–Kier alpha value is -3.12. The van der Waals surface area contributed by atoms with Gasteiger partial charge < -0.3 is 53.7 Å². The second-order valence-electron chi connectivity index (χ2n) is 20.4. The summed E-state index contributed by atoms with van der Waals surface area (Å²) in [5, 5.41) is 44.7. The normalized spacial score (nSPS) is 39.0. The largest absolute Gasteiger partial charge is 0.460 e. The van der Waals surface area contributed by atoms with Gasteiger partial charge in [0.25, 0.3) is 11.7 Å². The van der Waals surface area contributed by atoms with Crippen LogP contribution in [0.25, 0.3) is 0 Å². The number of aliphatic hydroxyl groups excluding tert-OH is 3. The number of nitrogens with zero attached hydrogens (tertiary/aromatic N) is 1. The average molecular weight is 960 g/mol. The van der Waals surface area contributed by atoms with Crippen molar-refractivity contribution in [2.45, 2.75) is 186 Å². The Labute approximate surface area is 405 Å². The van der Waals surface area contributed by atoms with E-state index in [9.17, 15) is 39.6 Å². The Bertz CT molecular complexity index is 1760. The van der Waals surface area contributed by atoms with Crippen LogP contribution in [0.1, 0.15) is 126 Å². The molecular weight excluding hydrogens is 875 g/mol. The van der Waals surface area contributed by atoms with Gasteiger partial charge in [0.2, 0.25) is 5.79 Å². The van der Waals surface area contributed by atoms with Gasteiger partial charge >= 0.3 is 5.97 Å². The van der Waals surface area contributed by atoms with Gasteiger partial charge in [-0.2, -0.15) is 0 Å². The summed E-state index contributed by atoms with van der Waals surface area (Å²) in [6, 6.07) is -1.12. The minimum atomic E-state index is -2.42. The van der Waals surface area contributed by atoms with E-state index < -0.39 is 83.9 Å². The summed E-state index contributed by atoms with van der Waals surface area (Å²) in [7, 11) is 4.62. The van der Waals surface area contributed by atoms with Crippen molar-refractivity contribution in [1.82, 2.24) is 4.90 Å². The molecule has 3 aliphatic heterocycles. The lowest BCUT2D eigenvalue weighted by molar-refractivity contribution is -0.265. The third-order valence-corrected chi connectivity index (χ3v) is 15.1. The van der Waals surface area contributed by atoms with Crippen LogP contribution in [-0.4, -0.2) is 151 Å². The Morgan fingerprint density at radius 2 is 1.57 bits per heavy atom. The first-order chi connectivity index (χ1) is 32.3. The molecule has 0 spiro atoms. The number of hydrogen-bond donors (Lipinski definition) is 4. The third kappa shape index (κ3) is 15.4. The molecule has 3 heterocycles. The third-order valence-electron chi connectivity index (χ3n) is 15.1. The van der Waals surface area contributed by atoms with Gasteiger partial charge in [0.1, 0.15) is 24.4 Å². The van der Waals surface area contributed by atoms with Crippen molar-refractivity contribution < 1.29 is 68.0 Å². The van der Waals surface area contributed by atoms with Crippen molar-refractivity contribution in [3.05, 3.63) is 47.6 Å². The number of ketones is 2. The predicted molar refractivity (Wildman–Crippen MR) is 257 cm³/mol. The van der Waals surface area contributed by atoms with E-state index in [0.29, 0.717) is 56.9 Å². The molecule has 0 aromatic rings. The lowest BCUT2D eigenvalue weighted by atomic mass is 9.78. The first kappa shape index (κ1) is 57.5. The number of Topliss-reactive ketones (excluding diaryl/α,β-unsaturated/α-hetero) is 2. The maximum absolute atomic E-state index is 14.5. The van der Waals surface area contributed by atoms with Crippen LogP contribution in [0, 0.1) is 35.5 Å². The summed E-state index contributed by atoms with van der Waals surface area (Å²) in [4.78, 5) is 58.0. The van der Waals surface area contributed by atoms with Crippen LogP contribution in [0.3, 0.4) is 0 Å². The van der Waals surface area contributed by atoms with Crippen molar-refractivity contribution in [3.8, 4) is 0 Å². The summed E-state index contributed by atoms with van der Waals surface area (Å²) >= 11 is 0. The summed E-state index contributed by atoms with van der Waals surface area (Å²) in [6.45, 7) is 13.1. The fourth-order valence-corrected chi connectivity index (χ4v) is 10.6. The number of amides is 1. The molecule has 4 aliphatic rings. The molecule has 1 unspecified atom stereocenters. The monoisotopic (exact) mass is 960 g/mol. The van der Waals surface area contributed by atoms with Gasteiger partial charge in [-0.25, -0.2) is 4.79 Å².